The van der Waals surface area contributed by atoms with Gasteiger partial charge in [0.2, 0.25) is 5.88 Å². The van der Waals surface area contributed by atoms with Crippen LogP contribution in [0.25, 0.3) is 0 Å². The molecule has 1 rings (SSSR count). The molecule has 1 aromatic heterocycles. The van der Waals surface area contributed by atoms with Crippen LogP contribution in [0.4, 0.5) is 0 Å². The minimum atomic E-state index is 0.733. The van der Waals surface area contributed by atoms with Gasteiger partial charge in [0.05, 0.1) is 6.61 Å². The number of aromatic nitrogens is 1. The maximum Gasteiger partial charge on any atom is 0.218 e. The van der Waals surface area contributed by atoms with Crippen molar-refractivity contribution < 1.29 is 4.74 Å². The molecule has 3 heteroatoms. The molecule has 0 aliphatic heterocycles. The van der Waals surface area contributed by atoms with Crippen LogP contribution in [0.1, 0.15) is 50.4 Å². The predicted octanol–water partition coefficient (Wildman–Crippen LogP) is 3.62. The fraction of sp³-hybridized carbons (Fsp3) is 0.688. The second-order valence-corrected chi connectivity index (χ2v) is 5.53. The van der Waals surface area contributed by atoms with Crippen molar-refractivity contribution in [3.8, 4) is 5.88 Å². The molecule has 0 spiro atoms. The highest BCUT2D eigenvalue weighted by atomic mass is 16.5. The lowest BCUT2D eigenvalue weighted by atomic mass is 10.1. The van der Waals surface area contributed by atoms with Gasteiger partial charge in [-0.2, -0.15) is 0 Å². The van der Waals surface area contributed by atoms with E-state index in [1.54, 1.807) is 0 Å². The number of nitrogens with one attached hydrogen (secondary N) is 1. The highest BCUT2D eigenvalue weighted by Crippen LogP contribution is 2.21. The molecule has 19 heavy (non-hydrogen) atoms. The highest BCUT2D eigenvalue weighted by molar-refractivity contribution is 5.35. The Bertz CT molecular complexity index is 389. The molecule has 0 unspecified atom stereocenters. The summed E-state index contributed by atoms with van der Waals surface area (Å²) in [6.07, 6.45) is 2.29. The normalized spacial score (nSPS) is 11.1. The molecule has 1 N–H and O–H groups in total. The first-order valence-electron chi connectivity index (χ1n) is 7.35. The molecule has 0 radical (unpaired) electrons. The van der Waals surface area contributed by atoms with E-state index < -0.39 is 0 Å². The lowest BCUT2D eigenvalue weighted by Crippen LogP contribution is -2.15. The van der Waals surface area contributed by atoms with Gasteiger partial charge in [-0.3, -0.25) is 0 Å². The molecular weight excluding hydrogens is 236 g/mol. The Labute approximate surface area is 117 Å². The van der Waals surface area contributed by atoms with Crippen molar-refractivity contribution in [3.05, 3.63) is 22.9 Å². The van der Waals surface area contributed by atoms with Crippen molar-refractivity contribution in [1.29, 1.82) is 0 Å². The van der Waals surface area contributed by atoms with Crippen LogP contribution < -0.4 is 10.1 Å². The van der Waals surface area contributed by atoms with Gasteiger partial charge in [-0.1, -0.05) is 20.8 Å². The highest BCUT2D eigenvalue weighted by Gasteiger charge is 2.09. The fourth-order valence-electron chi connectivity index (χ4n) is 2.07. The summed E-state index contributed by atoms with van der Waals surface area (Å²) < 4.78 is 5.90. The van der Waals surface area contributed by atoms with Gasteiger partial charge in [0.25, 0.3) is 0 Å². The van der Waals surface area contributed by atoms with Gasteiger partial charge in [-0.25, -0.2) is 4.98 Å². The molecule has 0 saturated heterocycles. The number of nitrogens with zero attached hydrogens (tertiary/aromatic N) is 1. The molecule has 0 amide bonds. The Morgan fingerprint density at radius 1 is 1.32 bits per heavy atom. The van der Waals surface area contributed by atoms with Gasteiger partial charge >= 0.3 is 0 Å². The van der Waals surface area contributed by atoms with Crippen LogP contribution in [-0.2, 0) is 6.54 Å². The lowest BCUT2D eigenvalue weighted by molar-refractivity contribution is 0.283. The summed E-state index contributed by atoms with van der Waals surface area (Å²) in [6.45, 7) is 13.3. The van der Waals surface area contributed by atoms with Crippen LogP contribution in [0.5, 0.6) is 5.88 Å². The third-order valence-corrected chi connectivity index (χ3v) is 3.15. The zero-order chi connectivity index (χ0) is 14.3. The third kappa shape index (κ3) is 5.60. The minimum absolute atomic E-state index is 0.733. The maximum atomic E-state index is 5.90. The fourth-order valence-corrected chi connectivity index (χ4v) is 2.07. The molecule has 0 atom stereocenters. The quantitative estimate of drug-likeness (QED) is 0.728. The van der Waals surface area contributed by atoms with Crippen molar-refractivity contribution in [3.63, 3.8) is 0 Å². The van der Waals surface area contributed by atoms with Crippen LogP contribution in [0.2, 0.25) is 0 Å². The number of rotatable bonds is 8. The van der Waals surface area contributed by atoms with E-state index in [-0.39, 0.29) is 0 Å². The van der Waals surface area contributed by atoms with Crippen molar-refractivity contribution >= 4 is 0 Å². The monoisotopic (exact) mass is 264 g/mol. The van der Waals surface area contributed by atoms with E-state index in [1.165, 1.54) is 17.5 Å². The van der Waals surface area contributed by atoms with E-state index in [1.807, 2.05) is 6.92 Å². The Kier molecular flexibility index (Phi) is 6.85. The second kappa shape index (κ2) is 8.16. The predicted molar refractivity (Wildman–Crippen MR) is 80.7 cm³/mol. The van der Waals surface area contributed by atoms with E-state index in [0.717, 1.165) is 43.6 Å². The molecule has 0 saturated carbocycles. The third-order valence-electron chi connectivity index (χ3n) is 3.15. The average molecular weight is 264 g/mol. The van der Waals surface area contributed by atoms with Gasteiger partial charge in [-0.15, -0.1) is 0 Å². The Balaban J connectivity index is 2.68. The topological polar surface area (TPSA) is 34.2 Å². The number of ether oxygens (including phenoxy) is 1. The van der Waals surface area contributed by atoms with Gasteiger partial charge < -0.3 is 10.1 Å². The lowest BCUT2D eigenvalue weighted by Gasteiger charge is -2.14. The zero-order valence-corrected chi connectivity index (χ0v) is 13.0. The largest absolute Gasteiger partial charge is 0.477 e. The van der Waals surface area contributed by atoms with E-state index >= 15 is 0 Å². The first-order valence-corrected chi connectivity index (χ1v) is 7.35. The van der Waals surface area contributed by atoms with E-state index in [9.17, 15) is 0 Å². The van der Waals surface area contributed by atoms with E-state index in [2.05, 4.69) is 44.1 Å². The summed E-state index contributed by atoms with van der Waals surface area (Å²) in [5, 5.41) is 3.35. The second-order valence-electron chi connectivity index (χ2n) is 5.53. The summed E-state index contributed by atoms with van der Waals surface area (Å²) in [5.41, 5.74) is 3.47. The van der Waals surface area contributed by atoms with Gasteiger partial charge in [0.1, 0.15) is 0 Å². The maximum absolute atomic E-state index is 5.90. The molecule has 0 aliphatic rings. The molecule has 1 heterocycles. The van der Waals surface area contributed by atoms with E-state index in [4.69, 9.17) is 4.74 Å². The zero-order valence-electron chi connectivity index (χ0n) is 13.0. The molecule has 0 aliphatic carbocycles. The molecule has 1 aromatic rings. The van der Waals surface area contributed by atoms with Crippen molar-refractivity contribution in [1.82, 2.24) is 10.3 Å². The van der Waals surface area contributed by atoms with Crippen LogP contribution >= 0.6 is 0 Å². The Hall–Kier alpha value is -1.09. The first kappa shape index (κ1) is 16.0. The average Bonchev–Trinajstić information content (AvgIpc) is 2.33. The molecule has 0 aromatic carbocycles. The minimum Gasteiger partial charge on any atom is -0.477 e. The summed E-state index contributed by atoms with van der Waals surface area (Å²) in [5.74, 6) is 1.54. The smallest absolute Gasteiger partial charge is 0.218 e. The van der Waals surface area contributed by atoms with Gasteiger partial charge in [-0.05, 0) is 50.8 Å². The van der Waals surface area contributed by atoms with Crippen molar-refractivity contribution in [2.45, 2.75) is 54.0 Å². The molecule has 108 valence electrons. The van der Waals surface area contributed by atoms with Crippen LogP contribution in [0.15, 0.2) is 6.07 Å². The molecule has 0 bridgehead atoms. The number of hydrogen-bond acceptors (Lipinski definition) is 3. The van der Waals surface area contributed by atoms with Crippen molar-refractivity contribution in [2.75, 3.05) is 13.2 Å². The molecule has 3 nitrogen and oxygen atoms in total. The van der Waals surface area contributed by atoms with Crippen molar-refractivity contribution in [2.24, 2.45) is 5.92 Å². The summed E-state index contributed by atoms with van der Waals surface area (Å²) >= 11 is 0. The van der Waals surface area contributed by atoms with Gasteiger partial charge in [0, 0.05) is 17.8 Å². The first-order chi connectivity index (χ1) is 9.04. The van der Waals surface area contributed by atoms with E-state index in [0.29, 0.717) is 0 Å². The number of hydrogen-bond donors (Lipinski definition) is 1. The molecule has 0 fully saturated rings. The van der Waals surface area contributed by atoms with Crippen LogP contribution in [0.3, 0.4) is 0 Å². The van der Waals surface area contributed by atoms with Gasteiger partial charge in [0.15, 0.2) is 0 Å². The SMILES string of the molecule is CCNCc1c(C)cc(C)nc1OCCCC(C)C. The van der Waals surface area contributed by atoms with Crippen LogP contribution in [-0.4, -0.2) is 18.1 Å². The number of pyridine rings is 1. The summed E-state index contributed by atoms with van der Waals surface area (Å²) in [6, 6.07) is 2.12. The standard InChI is InChI=1S/C16H28N2O/c1-6-17-11-15-13(4)10-14(5)18-16(15)19-9-7-8-12(2)3/h10,12,17H,6-9,11H2,1-5H3. The van der Waals surface area contributed by atoms with Crippen LogP contribution in [0, 0.1) is 19.8 Å². The number of aryl methyl sites for hydroxylation is 2. The summed E-state index contributed by atoms with van der Waals surface area (Å²) in [4.78, 5) is 4.54. The Morgan fingerprint density at radius 2 is 2.05 bits per heavy atom. The molecular formula is C16H28N2O. The Morgan fingerprint density at radius 3 is 2.68 bits per heavy atom. The summed E-state index contributed by atoms with van der Waals surface area (Å²) in [7, 11) is 0.